The van der Waals surface area contributed by atoms with Crippen LogP contribution in [0, 0.1) is 10.1 Å². The number of carbonyl (C=O) groups excluding carboxylic acids is 1. The van der Waals surface area contributed by atoms with Gasteiger partial charge in [0.25, 0.3) is 5.69 Å². The van der Waals surface area contributed by atoms with Crippen molar-refractivity contribution in [3.05, 3.63) is 69.3 Å². The Bertz CT molecular complexity index is 923. The number of rotatable bonds is 7. The Morgan fingerprint density at radius 3 is 2.93 bits per heavy atom. The number of nitro benzene ring substituents is 1. The lowest BCUT2D eigenvalue weighted by atomic mass is 10.1. The maximum Gasteiger partial charge on any atom is 0.276 e. The van der Waals surface area contributed by atoms with Gasteiger partial charge in [-0.2, -0.15) is 0 Å². The zero-order valence-corrected chi connectivity index (χ0v) is 15.8. The summed E-state index contributed by atoms with van der Waals surface area (Å²) in [7, 11) is 0. The van der Waals surface area contributed by atoms with Crippen molar-refractivity contribution in [1.29, 1.82) is 0 Å². The molecule has 1 aliphatic heterocycles. The fourth-order valence-corrected chi connectivity index (χ4v) is 3.11. The van der Waals surface area contributed by atoms with E-state index in [4.69, 9.17) is 9.47 Å². The average Bonchev–Trinajstić information content (AvgIpc) is 3.03. The van der Waals surface area contributed by atoms with Crippen LogP contribution in [0.4, 0.5) is 5.69 Å². The molecule has 2 aromatic carbocycles. The molecule has 0 saturated heterocycles. The molecule has 0 aliphatic carbocycles. The number of nitrogens with one attached hydrogen (secondary N) is 1. The van der Waals surface area contributed by atoms with Crippen molar-refractivity contribution in [1.82, 2.24) is 5.32 Å². The summed E-state index contributed by atoms with van der Waals surface area (Å²) in [5.41, 5.74) is 2.25. The van der Waals surface area contributed by atoms with Crippen LogP contribution in [0.5, 0.6) is 11.5 Å². The third-order valence-electron chi connectivity index (χ3n) is 4.38. The third-order valence-corrected chi connectivity index (χ3v) is 4.38. The summed E-state index contributed by atoms with van der Waals surface area (Å²) in [6, 6.07) is 10.1. The van der Waals surface area contributed by atoms with E-state index in [0.717, 1.165) is 29.0 Å². The van der Waals surface area contributed by atoms with E-state index < -0.39 is 4.92 Å². The number of hydrogen-bond acceptors (Lipinski definition) is 5. The standard InChI is InChI=1S/C21H22N2O5/c1-3-27-19-11-16-10-14(2)28-20(16)12-17(19)13-22-21(24)9-8-15-6-4-5-7-18(15)23(25)26/h4-9,11-12,14H,3,10,13H2,1-2H3,(H,22,24)/b9-8+/t14-/m1/s1. The molecule has 0 bridgehead atoms. The molecular weight excluding hydrogens is 360 g/mol. The van der Waals surface area contributed by atoms with Crippen LogP contribution in [0.25, 0.3) is 6.08 Å². The van der Waals surface area contributed by atoms with Gasteiger partial charge in [-0.05, 0) is 38.1 Å². The molecule has 0 radical (unpaired) electrons. The largest absolute Gasteiger partial charge is 0.494 e. The Kier molecular flexibility index (Phi) is 5.93. The number of para-hydroxylation sites is 1. The highest BCUT2D eigenvalue weighted by molar-refractivity contribution is 5.92. The van der Waals surface area contributed by atoms with Crippen LogP contribution < -0.4 is 14.8 Å². The Labute approximate surface area is 163 Å². The highest BCUT2D eigenvalue weighted by Crippen LogP contribution is 2.35. The summed E-state index contributed by atoms with van der Waals surface area (Å²) >= 11 is 0. The van der Waals surface area contributed by atoms with Crippen LogP contribution in [0.2, 0.25) is 0 Å². The first kappa shape index (κ1) is 19.4. The van der Waals surface area contributed by atoms with E-state index in [1.807, 2.05) is 26.0 Å². The van der Waals surface area contributed by atoms with Crippen LogP contribution in [0.3, 0.4) is 0 Å². The summed E-state index contributed by atoms with van der Waals surface area (Å²) in [5.74, 6) is 1.19. The highest BCUT2D eigenvalue weighted by Gasteiger charge is 2.22. The number of carbonyl (C=O) groups is 1. The van der Waals surface area contributed by atoms with Crippen molar-refractivity contribution in [2.45, 2.75) is 32.9 Å². The molecule has 1 N–H and O–H groups in total. The molecule has 1 aliphatic rings. The van der Waals surface area contributed by atoms with Crippen LogP contribution in [-0.4, -0.2) is 23.5 Å². The number of fused-ring (bicyclic) bond motifs is 1. The molecule has 1 amide bonds. The van der Waals surface area contributed by atoms with E-state index in [1.54, 1.807) is 18.2 Å². The van der Waals surface area contributed by atoms with Gasteiger partial charge in [0.2, 0.25) is 5.91 Å². The fourth-order valence-electron chi connectivity index (χ4n) is 3.11. The molecule has 7 nitrogen and oxygen atoms in total. The Morgan fingerprint density at radius 1 is 1.39 bits per heavy atom. The zero-order chi connectivity index (χ0) is 20.1. The minimum absolute atomic E-state index is 0.0462. The predicted molar refractivity (Wildman–Crippen MR) is 105 cm³/mol. The summed E-state index contributed by atoms with van der Waals surface area (Å²) < 4.78 is 11.5. The van der Waals surface area contributed by atoms with Gasteiger partial charge in [-0.15, -0.1) is 0 Å². The minimum atomic E-state index is -0.475. The van der Waals surface area contributed by atoms with Gasteiger partial charge in [0.15, 0.2) is 0 Å². The van der Waals surface area contributed by atoms with Crippen LogP contribution in [0.1, 0.15) is 30.5 Å². The number of hydrogen-bond donors (Lipinski definition) is 1. The van der Waals surface area contributed by atoms with Crippen molar-refractivity contribution in [3.8, 4) is 11.5 Å². The second-order valence-corrected chi connectivity index (χ2v) is 6.50. The second kappa shape index (κ2) is 8.56. The lowest BCUT2D eigenvalue weighted by Crippen LogP contribution is -2.20. The van der Waals surface area contributed by atoms with Gasteiger partial charge in [-0.1, -0.05) is 12.1 Å². The van der Waals surface area contributed by atoms with E-state index in [1.165, 1.54) is 18.2 Å². The normalized spacial score (nSPS) is 15.1. The van der Waals surface area contributed by atoms with Crippen LogP contribution >= 0.6 is 0 Å². The van der Waals surface area contributed by atoms with Crippen molar-refractivity contribution in [2.24, 2.45) is 0 Å². The molecular formula is C21H22N2O5. The number of nitrogens with zero attached hydrogens (tertiary/aromatic N) is 1. The molecule has 1 atom stereocenters. The van der Waals surface area contributed by atoms with E-state index in [0.29, 0.717) is 12.2 Å². The topological polar surface area (TPSA) is 90.7 Å². The molecule has 2 aromatic rings. The van der Waals surface area contributed by atoms with Gasteiger partial charge in [-0.25, -0.2) is 0 Å². The van der Waals surface area contributed by atoms with Gasteiger partial charge in [0, 0.05) is 36.2 Å². The number of amides is 1. The predicted octanol–water partition coefficient (Wildman–Crippen LogP) is 3.65. The lowest BCUT2D eigenvalue weighted by Gasteiger charge is -2.13. The van der Waals surface area contributed by atoms with Gasteiger partial charge >= 0.3 is 0 Å². The van der Waals surface area contributed by atoms with Crippen molar-refractivity contribution in [3.63, 3.8) is 0 Å². The Hall–Kier alpha value is -3.35. The van der Waals surface area contributed by atoms with Crippen molar-refractivity contribution >= 4 is 17.7 Å². The van der Waals surface area contributed by atoms with Crippen LogP contribution in [0.15, 0.2) is 42.5 Å². The lowest BCUT2D eigenvalue weighted by molar-refractivity contribution is -0.385. The summed E-state index contributed by atoms with van der Waals surface area (Å²) in [6.07, 6.45) is 3.68. The van der Waals surface area contributed by atoms with Gasteiger partial charge in [-0.3, -0.25) is 14.9 Å². The highest BCUT2D eigenvalue weighted by atomic mass is 16.6. The number of nitro groups is 1. The van der Waals surface area contributed by atoms with Crippen molar-refractivity contribution < 1.29 is 19.2 Å². The van der Waals surface area contributed by atoms with Gasteiger partial charge in [0.05, 0.1) is 17.1 Å². The first-order chi connectivity index (χ1) is 13.5. The SMILES string of the molecule is CCOc1cc2c(cc1CNC(=O)/C=C/c1ccccc1[N+](=O)[O-])O[C@H](C)C2. The maximum absolute atomic E-state index is 12.2. The fraction of sp³-hybridized carbons (Fsp3) is 0.286. The summed E-state index contributed by atoms with van der Waals surface area (Å²) in [5, 5.41) is 13.8. The average molecular weight is 382 g/mol. The van der Waals surface area contributed by atoms with Crippen molar-refractivity contribution in [2.75, 3.05) is 6.61 Å². The zero-order valence-electron chi connectivity index (χ0n) is 15.8. The van der Waals surface area contributed by atoms with Crippen LogP contribution in [-0.2, 0) is 17.8 Å². The minimum Gasteiger partial charge on any atom is -0.494 e. The molecule has 7 heteroatoms. The Morgan fingerprint density at radius 2 is 2.18 bits per heavy atom. The number of benzene rings is 2. The molecule has 0 aromatic heterocycles. The Balaban J connectivity index is 1.70. The molecule has 0 fully saturated rings. The van der Waals surface area contributed by atoms with E-state index in [2.05, 4.69) is 5.32 Å². The molecule has 0 spiro atoms. The van der Waals surface area contributed by atoms with E-state index in [-0.39, 0.29) is 24.2 Å². The summed E-state index contributed by atoms with van der Waals surface area (Å²) in [6.45, 7) is 4.70. The first-order valence-corrected chi connectivity index (χ1v) is 9.12. The molecule has 0 unspecified atom stereocenters. The quantitative estimate of drug-likeness (QED) is 0.448. The maximum atomic E-state index is 12.2. The van der Waals surface area contributed by atoms with E-state index in [9.17, 15) is 14.9 Å². The number of ether oxygens (including phenoxy) is 2. The summed E-state index contributed by atoms with van der Waals surface area (Å²) in [4.78, 5) is 22.7. The first-order valence-electron chi connectivity index (χ1n) is 9.12. The molecule has 146 valence electrons. The smallest absolute Gasteiger partial charge is 0.276 e. The third kappa shape index (κ3) is 4.49. The van der Waals surface area contributed by atoms with Gasteiger partial charge < -0.3 is 14.8 Å². The molecule has 0 saturated carbocycles. The van der Waals surface area contributed by atoms with Gasteiger partial charge in [0.1, 0.15) is 17.6 Å². The molecule has 28 heavy (non-hydrogen) atoms. The second-order valence-electron chi connectivity index (χ2n) is 6.50. The monoisotopic (exact) mass is 382 g/mol. The molecule has 3 rings (SSSR count). The van der Waals surface area contributed by atoms with E-state index >= 15 is 0 Å². The molecule has 1 heterocycles.